The van der Waals surface area contributed by atoms with Crippen molar-refractivity contribution in [2.24, 2.45) is 7.05 Å². The normalized spacial score (nSPS) is 15.8. The van der Waals surface area contributed by atoms with Gasteiger partial charge in [0.05, 0.1) is 11.4 Å². The van der Waals surface area contributed by atoms with E-state index in [4.69, 9.17) is 0 Å². The van der Waals surface area contributed by atoms with Crippen LogP contribution in [0.15, 0.2) is 18.5 Å². The van der Waals surface area contributed by atoms with E-state index in [9.17, 15) is 4.79 Å². The standard InChI is InChI=1S/C18H25N5O/c1-13-10-19-14(2)18(20-13)23-7-5-22(6-8-23)12-17-9-16(15(3)24)11-21(17)4/h9-11H,5-8,12H2,1-4H3. The second kappa shape index (κ2) is 6.73. The fraction of sp³-hybridized carbons (Fsp3) is 0.500. The van der Waals surface area contributed by atoms with Gasteiger partial charge in [-0.05, 0) is 26.8 Å². The van der Waals surface area contributed by atoms with Gasteiger partial charge in [-0.2, -0.15) is 0 Å². The van der Waals surface area contributed by atoms with Crippen molar-refractivity contribution in [1.29, 1.82) is 0 Å². The lowest BCUT2D eigenvalue weighted by Gasteiger charge is -2.35. The largest absolute Gasteiger partial charge is 0.353 e. The molecule has 0 amide bonds. The fourth-order valence-electron chi connectivity index (χ4n) is 3.13. The van der Waals surface area contributed by atoms with Crippen LogP contribution < -0.4 is 4.90 Å². The molecule has 0 radical (unpaired) electrons. The summed E-state index contributed by atoms with van der Waals surface area (Å²) in [5, 5.41) is 0. The first kappa shape index (κ1) is 16.6. The van der Waals surface area contributed by atoms with Crippen molar-refractivity contribution in [3.63, 3.8) is 0 Å². The van der Waals surface area contributed by atoms with Gasteiger partial charge in [0.25, 0.3) is 0 Å². The summed E-state index contributed by atoms with van der Waals surface area (Å²) >= 11 is 0. The van der Waals surface area contributed by atoms with Crippen LogP contribution >= 0.6 is 0 Å². The van der Waals surface area contributed by atoms with E-state index in [1.807, 2.05) is 39.4 Å². The summed E-state index contributed by atoms with van der Waals surface area (Å²) in [6.07, 6.45) is 3.73. The number of anilines is 1. The van der Waals surface area contributed by atoms with Crippen LogP contribution in [0.3, 0.4) is 0 Å². The molecule has 0 spiro atoms. The van der Waals surface area contributed by atoms with Crippen molar-refractivity contribution in [2.75, 3.05) is 31.1 Å². The molecule has 0 saturated carbocycles. The second-order valence-electron chi connectivity index (χ2n) is 6.57. The van der Waals surface area contributed by atoms with Gasteiger partial charge in [0.1, 0.15) is 5.82 Å². The van der Waals surface area contributed by atoms with E-state index in [0.29, 0.717) is 0 Å². The summed E-state index contributed by atoms with van der Waals surface area (Å²) in [4.78, 5) is 25.3. The molecule has 3 heterocycles. The molecule has 1 saturated heterocycles. The van der Waals surface area contributed by atoms with Gasteiger partial charge in [-0.3, -0.25) is 14.7 Å². The van der Waals surface area contributed by atoms with Crippen molar-refractivity contribution < 1.29 is 4.79 Å². The quantitative estimate of drug-likeness (QED) is 0.804. The Morgan fingerprint density at radius 3 is 2.54 bits per heavy atom. The summed E-state index contributed by atoms with van der Waals surface area (Å²) in [7, 11) is 2.00. The van der Waals surface area contributed by atoms with Gasteiger partial charge < -0.3 is 9.47 Å². The number of aromatic nitrogens is 3. The van der Waals surface area contributed by atoms with Gasteiger partial charge >= 0.3 is 0 Å². The highest BCUT2D eigenvalue weighted by Crippen LogP contribution is 2.19. The van der Waals surface area contributed by atoms with Crippen LogP contribution in [-0.2, 0) is 13.6 Å². The van der Waals surface area contributed by atoms with Crippen LogP contribution in [-0.4, -0.2) is 51.4 Å². The van der Waals surface area contributed by atoms with Crippen molar-refractivity contribution in [1.82, 2.24) is 19.4 Å². The molecule has 3 rings (SSSR count). The molecule has 1 aliphatic heterocycles. The van der Waals surface area contributed by atoms with Crippen LogP contribution in [0.25, 0.3) is 0 Å². The highest BCUT2D eigenvalue weighted by molar-refractivity contribution is 5.94. The maximum atomic E-state index is 11.5. The molecule has 0 bridgehead atoms. The Morgan fingerprint density at radius 2 is 1.92 bits per heavy atom. The summed E-state index contributed by atoms with van der Waals surface area (Å²) in [6.45, 7) is 10.3. The topological polar surface area (TPSA) is 54.3 Å². The van der Waals surface area contributed by atoms with Crippen LogP contribution in [0.2, 0.25) is 0 Å². The third-order valence-electron chi connectivity index (χ3n) is 4.62. The highest BCUT2D eigenvalue weighted by Gasteiger charge is 2.21. The average molecular weight is 327 g/mol. The van der Waals surface area contributed by atoms with Gasteiger partial charge in [-0.1, -0.05) is 0 Å². The van der Waals surface area contributed by atoms with E-state index < -0.39 is 0 Å². The number of carbonyl (C=O) groups is 1. The zero-order valence-electron chi connectivity index (χ0n) is 14.9. The van der Waals surface area contributed by atoms with E-state index in [0.717, 1.165) is 55.5 Å². The number of carbonyl (C=O) groups excluding carboxylic acids is 1. The summed E-state index contributed by atoms with van der Waals surface area (Å²) in [6, 6.07) is 2.00. The van der Waals surface area contributed by atoms with Crippen LogP contribution in [0, 0.1) is 13.8 Å². The number of hydrogen-bond donors (Lipinski definition) is 0. The first-order chi connectivity index (χ1) is 11.4. The Labute approximate surface area is 143 Å². The average Bonchev–Trinajstić information content (AvgIpc) is 2.92. The number of Topliss-reactive ketones (excluding diaryl/α,β-unsaturated/α-hetero) is 1. The molecule has 0 unspecified atom stereocenters. The number of ketones is 1. The van der Waals surface area contributed by atoms with Crippen molar-refractivity contribution in [3.05, 3.63) is 41.1 Å². The second-order valence-corrected chi connectivity index (χ2v) is 6.57. The predicted molar refractivity (Wildman–Crippen MR) is 94.4 cm³/mol. The Bertz CT molecular complexity index is 744. The minimum absolute atomic E-state index is 0.121. The van der Waals surface area contributed by atoms with Gasteiger partial charge in [0.15, 0.2) is 5.78 Å². The Hall–Kier alpha value is -2.21. The third-order valence-corrected chi connectivity index (χ3v) is 4.62. The molecule has 1 aliphatic rings. The monoisotopic (exact) mass is 327 g/mol. The molecule has 24 heavy (non-hydrogen) atoms. The first-order valence-corrected chi connectivity index (χ1v) is 8.38. The molecule has 0 aromatic carbocycles. The van der Waals surface area contributed by atoms with Gasteiger partial charge in [-0.15, -0.1) is 0 Å². The van der Waals surface area contributed by atoms with Gasteiger partial charge in [-0.25, -0.2) is 4.98 Å². The van der Waals surface area contributed by atoms with E-state index in [1.165, 1.54) is 5.69 Å². The minimum Gasteiger partial charge on any atom is -0.353 e. The molecular weight excluding hydrogens is 302 g/mol. The maximum Gasteiger partial charge on any atom is 0.161 e. The first-order valence-electron chi connectivity index (χ1n) is 8.38. The molecular formula is C18H25N5O. The van der Waals surface area contributed by atoms with Crippen molar-refractivity contribution >= 4 is 11.6 Å². The number of nitrogens with zero attached hydrogens (tertiary/aromatic N) is 5. The summed E-state index contributed by atoms with van der Waals surface area (Å²) in [5.41, 5.74) is 3.91. The lowest BCUT2D eigenvalue weighted by molar-refractivity contribution is 0.101. The zero-order chi connectivity index (χ0) is 17.3. The van der Waals surface area contributed by atoms with E-state index in [-0.39, 0.29) is 5.78 Å². The molecule has 1 fully saturated rings. The minimum atomic E-state index is 0.121. The Kier molecular flexibility index (Phi) is 4.66. The molecule has 6 nitrogen and oxygen atoms in total. The maximum absolute atomic E-state index is 11.5. The van der Waals surface area contributed by atoms with E-state index >= 15 is 0 Å². The van der Waals surface area contributed by atoms with Crippen LogP contribution in [0.4, 0.5) is 5.82 Å². The highest BCUT2D eigenvalue weighted by atomic mass is 16.1. The Balaban J connectivity index is 1.63. The third kappa shape index (κ3) is 3.48. The number of piperazine rings is 1. The predicted octanol–water partition coefficient (Wildman–Crippen LogP) is 1.96. The number of aryl methyl sites for hydroxylation is 3. The molecule has 0 aliphatic carbocycles. The SMILES string of the molecule is CC(=O)c1cc(CN2CCN(c3nc(C)cnc3C)CC2)n(C)c1. The van der Waals surface area contributed by atoms with Gasteiger partial charge in [0, 0.05) is 63.4 Å². The molecule has 6 heteroatoms. The molecule has 2 aromatic heterocycles. The summed E-state index contributed by atoms with van der Waals surface area (Å²) in [5.74, 6) is 1.13. The van der Waals surface area contributed by atoms with Crippen LogP contribution in [0.5, 0.6) is 0 Å². The van der Waals surface area contributed by atoms with Crippen LogP contribution in [0.1, 0.15) is 34.4 Å². The molecule has 0 N–H and O–H groups in total. The fourth-order valence-corrected chi connectivity index (χ4v) is 3.13. The Morgan fingerprint density at radius 1 is 1.21 bits per heavy atom. The lowest BCUT2D eigenvalue weighted by Crippen LogP contribution is -2.46. The molecule has 0 atom stereocenters. The van der Waals surface area contributed by atoms with E-state index in [1.54, 1.807) is 6.92 Å². The number of rotatable bonds is 4. The van der Waals surface area contributed by atoms with Gasteiger partial charge in [0.2, 0.25) is 0 Å². The molecule has 2 aromatic rings. The van der Waals surface area contributed by atoms with Crippen molar-refractivity contribution in [2.45, 2.75) is 27.3 Å². The number of hydrogen-bond acceptors (Lipinski definition) is 5. The smallest absolute Gasteiger partial charge is 0.161 e. The lowest BCUT2D eigenvalue weighted by atomic mass is 10.2. The van der Waals surface area contributed by atoms with Crippen molar-refractivity contribution in [3.8, 4) is 0 Å². The van der Waals surface area contributed by atoms with E-state index in [2.05, 4.69) is 24.3 Å². The zero-order valence-corrected chi connectivity index (χ0v) is 14.9. The molecule has 128 valence electrons. The summed E-state index contributed by atoms with van der Waals surface area (Å²) < 4.78 is 2.05.